The second-order valence-corrected chi connectivity index (χ2v) is 8.08. The lowest BCUT2D eigenvalue weighted by Gasteiger charge is -2.31. The summed E-state index contributed by atoms with van der Waals surface area (Å²) in [5.74, 6) is -0.650. The molecule has 1 heterocycles. The lowest BCUT2D eigenvalue weighted by molar-refractivity contribution is -0.127. The molecule has 1 saturated heterocycles. The Balaban J connectivity index is 1.74. The van der Waals surface area contributed by atoms with Gasteiger partial charge in [-0.25, -0.2) is 4.79 Å². The van der Waals surface area contributed by atoms with E-state index < -0.39 is 0 Å². The van der Waals surface area contributed by atoms with Crippen LogP contribution in [0, 0.1) is 0 Å². The Morgan fingerprint density at radius 2 is 1.68 bits per heavy atom. The van der Waals surface area contributed by atoms with E-state index in [0.29, 0.717) is 38.2 Å². The van der Waals surface area contributed by atoms with Crippen molar-refractivity contribution in [1.82, 2.24) is 10.2 Å². The quantitative estimate of drug-likeness (QED) is 0.758. The molecule has 1 aliphatic rings. The molecular formula is C21H31N3O4. The van der Waals surface area contributed by atoms with E-state index in [1.807, 2.05) is 24.3 Å². The van der Waals surface area contributed by atoms with Gasteiger partial charge in [-0.1, -0.05) is 32.9 Å². The minimum atomic E-state index is -0.343. The normalized spacial score (nSPS) is 15.1. The number of likely N-dealkylation sites (tertiary alicyclic amines) is 1. The Kier molecular flexibility index (Phi) is 7.43. The topological polar surface area (TPSA) is 87.7 Å². The highest BCUT2D eigenvalue weighted by Gasteiger charge is 2.25. The van der Waals surface area contributed by atoms with Crippen LogP contribution in [0.25, 0.3) is 0 Å². The summed E-state index contributed by atoms with van der Waals surface area (Å²) >= 11 is 0. The smallest absolute Gasteiger partial charge is 0.409 e. The van der Waals surface area contributed by atoms with Crippen LogP contribution in [-0.2, 0) is 19.7 Å². The second kappa shape index (κ2) is 9.57. The number of anilines is 1. The fraction of sp³-hybridized carbons (Fsp3) is 0.571. The third-order valence-electron chi connectivity index (χ3n) is 4.74. The van der Waals surface area contributed by atoms with Crippen LogP contribution in [0.2, 0.25) is 0 Å². The van der Waals surface area contributed by atoms with Gasteiger partial charge in [-0.05, 0) is 42.9 Å². The third-order valence-corrected chi connectivity index (χ3v) is 4.74. The number of hydrogen-bond acceptors (Lipinski definition) is 4. The van der Waals surface area contributed by atoms with Gasteiger partial charge in [0.25, 0.3) is 0 Å². The molecule has 3 amide bonds. The lowest BCUT2D eigenvalue weighted by Crippen LogP contribution is -2.47. The third kappa shape index (κ3) is 6.55. The Morgan fingerprint density at radius 3 is 2.21 bits per heavy atom. The van der Waals surface area contributed by atoms with Crippen LogP contribution in [-0.4, -0.2) is 48.5 Å². The number of amides is 3. The summed E-state index contributed by atoms with van der Waals surface area (Å²) in [6, 6.07) is 7.63. The van der Waals surface area contributed by atoms with E-state index in [0.717, 1.165) is 0 Å². The first kappa shape index (κ1) is 21.7. The molecule has 2 N–H and O–H groups in total. The fourth-order valence-electron chi connectivity index (χ4n) is 3.10. The number of rotatable bonds is 5. The van der Waals surface area contributed by atoms with Crippen molar-refractivity contribution < 1.29 is 19.1 Å². The maximum Gasteiger partial charge on any atom is 0.409 e. The molecule has 7 heteroatoms. The van der Waals surface area contributed by atoms with Crippen molar-refractivity contribution >= 4 is 23.6 Å². The number of benzene rings is 1. The van der Waals surface area contributed by atoms with Crippen molar-refractivity contribution in [3.05, 3.63) is 29.8 Å². The predicted molar refractivity (Wildman–Crippen MR) is 108 cm³/mol. The van der Waals surface area contributed by atoms with E-state index in [9.17, 15) is 14.4 Å². The van der Waals surface area contributed by atoms with Gasteiger partial charge in [0.05, 0.1) is 6.61 Å². The summed E-state index contributed by atoms with van der Waals surface area (Å²) in [6.45, 7) is 9.58. The molecule has 1 aromatic rings. The zero-order valence-corrected chi connectivity index (χ0v) is 17.2. The number of hydrogen-bond donors (Lipinski definition) is 2. The number of ether oxygens (including phenoxy) is 1. The van der Waals surface area contributed by atoms with Crippen molar-refractivity contribution in [2.45, 2.75) is 58.4 Å². The summed E-state index contributed by atoms with van der Waals surface area (Å²) in [5.41, 5.74) is 1.90. The minimum Gasteiger partial charge on any atom is -0.450 e. The molecule has 0 saturated carbocycles. The number of piperidine rings is 1. The Bertz CT molecular complexity index is 687. The molecule has 2 rings (SSSR count). The van der Waals surface area contributed by atoms with Crippen molar-refractivity contribution in [3.8, 4) is 0 Å². The van der Waals surface area contributed by atoms with Gasteiger partial charge in [0.2, 0.25) is 11.8 Å². The molecule has 1 fully saturated rings. The first-order chi connectivity index (χ1) is 13.2. The van der Waals surface area contributed by atoms with E-state index in [4.69, 9.17) is 4.74 Å². The van der Waals surface area contributed by atoms with E-state index in [1.165, 1.54) is 5.56 Å². The molecule has 1 aromatic carbocycles. The largest absolute Gasteiger partial charge is 0.450 e. The maximum absolute atomic E-state index is 12.1. The van der Waals surface area contributed by atoms with Crippen molar-refractivity contribution in [2.75, 3.05) is 25.0 Å². The Morgan fingerprint density at radius 1 is 1.07 bits per heavy atom. The standard InChI is InChI=1S/C21H31N3O4/c1-5-28-20(27)24-12-10-17(11-13-24)23-19(26)14-18(25)22-16-8-6-15(7-9-16)21(2,3)4/h6-9,17H,5,10-14H2,1-4H3,(H,22,25)(H,23,26). The summed E-state index contributed by atoms with van der Waals surface area (Å²) in [7, 11) is 0. The van der Waals surface area contributed by atoms with Crippen LogP contribution < -0.4 is 10.6 Å². The SMILES string of the molecule is CCOC(=O)N1CCC(NC(=O)CC(=O)Nc2ccc(C(C)(C)C)cc2)CC1. The van der Waals surface area contributed by atoms with Gasteiger partial charge >= 0.3 is 6.09 Å². The van der Waals surface area contributed by atoms with Crippen LogP contribution >= 0.6 is 0 Å². The summed E-state index contributed by atoms with van der Waals surface area (Å²) in [6.07, 6.45) is 0.768. The molecule has 28 heavy (non-hydrogen) atoms. The van der Waals surface area contributed by atoms with Gasteiger partial charge in [0, 0.05) is 24.8 Å². The first-order valence-corrected chi connectivity index (χ1v) is 9.80. The predicted octanol–water partition coefficient (Wildman–Crippen LogP) is 3.05. The molecular weight excluding hydrogens is 358 g/mol. The van der Waals surface area contributed by atoms with Crippen LogP contribution in [0.4, 0.5) is 10.5 Å². The van der Waals surface area contributed by atoms with Gasteiger partial charge < -0.3 is 20.3 Å². The lowest BCUT2D eigenvalue weighted by atomic mass is 9.87. The molecule has 7 nitrogen and oxygen atoms in total. The molecule has 0 bridgehead atoms. The Labute approximate surface area is 166 Å². The van der Waals surface area contributed by atoms with Crippen molar-refractivity contribution in [2.24, 2.45) is 0 Å². The van der Waals surface area contributed by atoms with E-state index in [2.05, 4.69) is 31.4 Å². The summed E-state index contributed by atoms with van der Waals surface area (Å²) < 4.78 is 4.98. The van der Waals surface area contributed by atoms with Crippen LogP contribution in [0.5, 0.6) is 0 Å². The van der Waals surface area contributed by atoms with E-state index >= 15 is 0 Å². The molecule has 0 aliphatic carbocycles. The van der Waals surface area contributed by atoms with Gasteiger partial charge in [-0.3, -0.25) is 9.59 Å². The Hall–Kier alpha value is -2.57. The summed E-state index contributed by atoms with van der Waals surface area (Å²) in [4.78, 5) is 37.6. The van der Waals surface area contributed by atoms with Crippen LogP contribution in [0.15, 0.2) is 24.3 Å². The van der Waals surface area contributed by atoms with Gasteiger partial charge in [-0.15, -0.1) is 0 Å². The van der Waals surface area contributed by atoms with Crippen LogP contribution in [0.3, 0.4) is 0 Å². The zero-order valence-electron chi connectivity index (χ0n) is 17.2. The molecule has 0 aromatic heterocycles. The van der Waals surface area contributed by atoms with Gasteiger partial charge in [-0.2, -0.15) is 0 Å². The highest BCUT2D eigenvalue weighted by Crippen LogP contribution is 2.23. The van der Waals surface area contributed by atoms with Crippen LogP contribution in [0.1, 0.15) is 52.5 Å². The highest BCUT2D eigenvalue weighted by atomic mass is 16.6. The number of nitrogens with zero attached hydrogens (tertiary/aromatic N) is 1. The van der Waals surface area contributed by atoms with Gasteiger partial charge in [0.15, 0.2) is 0 Å². The van der Waals surface area contributed by atoms with E-state index in [-0.39, 0.29) is 35.8 Å². The van der Waals surface area contributed by atoms with Crippen molar-refractivity contribution in [1.29, 1.82) is 0 Å². The second-order valence-electron chi connectivity index (χ2n) is 8.08. The first-order valence-electron chi connectivity index (χ1n) is 9.80. The molecule has 1 aliphatic heterocycles. The maximum atomic E-state index is 12.1. The zero-order chi connectivity index (χ0) is 20.7. The van der Waals surface area contributed by atoms with E-state index in [1.54, 1.807) is 11.8 Å². The average molecular weight is 389 g/mol. The molecule has 0 unspecified atom stereocenters. The van der Waals surface area contributed by atoms with Gasteiger partial charge in [0.1, 0.15) is 6.42 Å². The number of carbonyl (C=O) groups is 3. The van der Waals surface area contributed by atoms with Crippen molar-refractivity contribution in [3.63, 3.8) is 0 Å². The molecule has 0 atom stereocenters. The average Bonchev–Trinajstić information content (AvgIpc) is 2.62. The molecule has 0 spiro atoms. The number of carbonyl (C=O) groups excluding carboxylic acids is 3. The monoisotopic (exact) mass is 389 g/mol. The fourth-order valence-corrected chi connectivity index (χ4v) is 3.10. The molecule has 154 valence electrons. The minimum absolute atomic E-state index is 0.0305. The number of nitrogens with one attached hydrogen (secondary N) is 2. The molecule has 0 radical (unpaired) electrons. The highest BCUT2D eigenvalue weighted by molar-refractivity contribution is 6.03. The summed E-state index contributed by atoms with van der Waals surface area (Å²) in [5, 5.41) is 5.63.